The Morgan fingerprint density at radius 1 is 0.588 bits per heavy atom. The molecule has 4 aliphatic rings. The molecular weight excluding hydrogens is 1080 g/mol. The molecule has 10 heterocycles. The van der Waals surface area contributed by atoms with Crippen LogP contribution in [0.2, 0.25) is 0 Å². The van der Waals surface area contributed by atoms with Crippen molar-refractivity contribution in [1.82, 2.24) is 38.9 Å². The van der Waals surface area contributed by atoms with Gasteiger partial charge in [0.2, 0.25) is 23.4 Å². The van der Waals surface area contributed by atoms with Gasteiger partial charge in [0.15, 0.2) is 18.7 Å². The number of carbonyl (C=O) groups excluding carboxylic acids is 7. The van der Waals surface area contributed by atoms with E-state index in [-0.39, 0.29) is 47.6 Å². The van der Waals surface area contributed by atoms with Gasteiger partial charge in [-0.05, 0) is 105 Å². The number of urea groups is 2. The summed E-state index contributed by atoms with van der Waals surface area (Å²) in [6.45, 7) is 3.19. The van der Waals surface area contributed by atoms with Crippen LogP contribution >= 0.6 is 0 Å². The molecule has 0 bridgehead atoms. The first-order chi connectivity index (χ1) is 41.0. The van der Waals surface area contributed by atoms with Crippen LogP contribution in [0.15, 0.2) is 128 Å². The minimum atomic E-state index is -0.448. The van der Waals surface area contributed by atoms with E-state index in [0.717, 1.165) is 97.2 Å². The number of anilines is 6. The van der Waals surface area contributed by atoms with Crippen LogP contribution in [-0.2, 0) is 23.7 Å². The second-order valence-electron chi connectivity index (χ2n) is 21.3. The second kappa shape index (κ2) is 25.4. The average Bonchev–Trinajstić information content (AvgIpc) is 2.17. The number of pyridine rings is 4. The van der Waals surface area contributed by atoms with Crippen molar-refractivity contribution in [2.75, 3.05) is 92.0 Å². The van der Waals surface area contributed by atoms with Crippen LogP contribution in [0.3, 0.4) is 0 Å². The summed E-state index contributed by atoms with van der Waals surface area (Å²) in [5.74, 6) is 1.31. The third kappa shape index (κ3) is 12.9. The minimum absolute atomic E-state index is 0.0229. The lowest BCUT2D eigenvalue weighted by atomic mass is 9.95. The molecule has 12 rings (SSSR count). The maximum absolute atomic E-state index is 13.4. The molecule has 6 aromatic heterocycles. The normalized spacial score (nSPS) is 15.1. The number of fused-ring (bicyclic) bond motifs is 4. The van der Waals surface area contributed by atoms with E-state index < -0.39 is 12.1 Å². The second-order valence-corrected chi connectivity index (χ2v) is 21.3. The van der Waals surface area contributed by atoms with E-state index >= 15 is 0 Å². The smallest absolute Gasteiger partial charge is 0.323 e. The number of nitrogens with zero attached hydrogens (tertiary/aromatic N) is 10. The van der Waals surface area contributed by atoms with Crippen LogP contribution in [0.5, 0.6) is 11.5 Å². The summed E-state index contributed by atoms with van der Waals surface area (Å²) in [6, 6.07) is 19.9. The molecule has 0 spiro atoms. The third-order valence-corrected chi connectivity index (χ3v) is 15.1. The van der Waals surface area contributed by atoms with E-state index in [9.17, 15) is 33.6 Å². The maximum Gasteiger partial charge on any atom is 0.323 e. The Morgan fingerprint density at radius 3 is 1.54 bits per heavy atom. The minimum Gasteiger partial charge on any atom is -0.485 e. The van der Waals surface area contributed by atoms with E-state index in [2.05, 4.69) is 51.0 Å². The van der Waals surface area contributed by atoms with Crippen molar-refractivity contribution in [2.45, 2.75) is 25.7 Å². The number of ketones is 2. The van der Waals surface area contributed by atoms with Gasteiger partial charge < -0.3 is 59.5 Å². The molecule has 6 amide bonds. The SMILES string of the molecule is CN(C)C(=O)C1CCN(c2ccnc3c2c(/C=C2\Oc4ccc(NC(=O)Nc5cccnc5)cc4C2=O)cn3C)CC1.CN(C)C(=O)C1CCN(c2ccnc3c2c(C=O)cn3C)CC1.O=C(Nc1cccnc1)Nc1ccc2c(c1)C(=O)CO2. The highest BCUT2D eigenvalue weighted by atomic mass is 16.5. The third-order valence-electron chi connectivity index (χ3n) is 15.1. The molecule has 85 heavy (non-hydrogen) atoms. The Kier molecular flexibility index (Phi) is 17.2. The number of amides is 6. The number of allylic oxidation sites excluding steroid dienone is 1. The van der Waals surface area contributed by atoms with Gasteiger partial charge in [-0.15, -0.1) is 0 Å². The largest absolute Gasteiger partial charge is 0.485 e. The van der Waals surface area contributed by atoms with Crippen molar-refractivity contribution in [3.8, 4) is 11.5 Å². The molecule has 23 nitrogen and oxygen atoms in total. The summed E-state index contributed by atoms with van der Waals surface area (Å²) in [7, 11) is 11.0. The number of Topliss-reactive ketones (excluding diaryl/α,β-unsaturated/α-hetero) is 2. The molecule has 2 fully saturated rings. The lowest BCUT2D eigenvalue weighted by molar-refractivity contribution is -0.134. The zero-order chi connectivity index (χ0) is 59.9. The van der Waals surface area contributed by atoms with Crippen molar-refractivity contribution in [3.05, 3.63) is 150 Å². The van der Waals surface area contributed by atoms with Crippen LogP contribution < -0.4 is 40.5 Å². The van der Waals surface area contributed by atoms with Crippen LogP contribution in [0.1, 0.15) is 62.3 Å². The predicted octanol–water partition coefficient (Wildman–Crippen LogP) is 8.52. The molecule has 0 atom stereocenters. The zero-order valence-corrected chi connectivity index (χ0v) is 47.9. The van der Waals surface area contributed by atoms with E-state index in [0.29, 0.717) is 50.9 Å². The number of aromatic nitrogens is 6. The number of rotatable bonds is 10. The van der Waals surface area contributed by atoms with Gasteiger partial charge in [0.1, 0.15) is 22.8 Å². The highest BCUT2D eigenvalue weighted by molar-refractivity contribution is 6.16. The van der Waals surface area contributed by atoms with Gasteiger partial charge in [-0.2, -0.15) is 0 Å². The van der Waals surface area contributed by atoms with E-state index in [4.69, 9.17) is 9.47 Å². The number of ether oxygens (including phenoxy) is 2. The molecule has 8 aromatic rings. The lowest BCUT2D eigenvalue weighted by Crippen LogP contribution is -2.40. The monoisotopic (exact) mass is 1150 g/mol. The first-order valence-corrected chi connectivity index (χ1v) is 27.6. The number of hydrogen-bond donors (Lipinski definition) is 4. The maximum atomic E-state index is 13.4. The van der Waals surface area contributed by atoms with E-state index in [1.54, 1.807) is 142 Å². The van der Waals surface area contributed by atoms with Gasteiger partial charge in [-0.1, -0.05) is 0 Å². The highest BCUT2D eigenvalue weighted by Crippen LogP contribution is 2.38. The first kappa shape index (κ1) is 57.8. The Balaban J connectivity index is 0.000000157. The number of nitrogens with one attached hydrogen (secondary N) is 4. The van der Waals surface area contributed by atoms with Crippen LogP contribution in [0, 0.1) is 11.8 Å². The fraction of sp³-hybridized carbons (Fsp3) is 0.274. The first-order valence-electron chi connectivity index (χ1n) is 27.6. The molecule has 4 aliphatic heterocycles. The zero-order valence-electron chi connectivity index (χ0n) is 47.9. The molecular formula is C62H64N14O9. The molecule has 2 aromatic carbocycles. The van der Waals surface area contributed by atoms with Crippen LogP contribution in [0.25, 0.3) is 28.1 Å². The summed E-state index contributed by atoms with van der Waals surface area (Å²) < 4.78 is 15.0. The summed E-state index contributed by atoms with van der Waals surface area (Å²) in [5, 5.41) is 12.6. The summed E-state index contributed by atoms with van der Waals surface area (Å²) in [4.78, 5) is 110. The van der Waals surface area contributed by atoms with Crippen LogP contribution in [0.4, 0.5) is 43.7 Å². The van der Waals surface area contributed by atoms with Crippen molar-refractivity contribution in [1.29, 1.82) is 0 Å². The Morgan fingerprint density at radius 2 is 1.06 bits per heavy atom. The quantitative estimate of drug-likeness (QED) is 0.0739. The van der Waals surface area contributed by atoms with Crippen molar-refractivity contribution >= 4 is 104 Å². The topological polar surface area (TPSA) is 260 Å². The molecule has 0 radical (unpaired) electrons. The molecule has 0 unspecified atom stereocenters. The fourth-order valence-corrected chi connectivity index (χ4v) is 10.9. The number of hydrogen-bond acceptors (Lipinski definition) is 15. The van der Waals surface area contributed by atoms with Gasteiger partial charge >= 0.3 is 12.1 Å². The number of aryl methyl sites for hydroxylation is 2. The standard InChI is InChI=1S/C31H31N7O4.C17H22N4O2.C14H11N3O3/c1-36(2)30(40)19-9-13-38(14-10-19)24-8-12-33-29-27(24)20(18-37(29)3)15-26-28(39)23-16-21(6-7-25(23)42-26)34-31(41)35-22-5-4-11-32-17-22;1-19(2)17(23)12-5-8-21(9-6-12)14-4-7-18-16-15(14)13(11-22)10-20(16)3;18-12-8-20-13-4-3-9(6-11(12)13)16-14(19)17-10-2-1-5-15-7-10/h4-8,11-12,15-19H,9-10,13-14H2,1-3H3,(H2,34,35,41);4,7,10-12H,5-6,8-9H2,1-3H3;1-7H,8H2,(H2,16,17,19)/b26-15-;;. The van der Waals surface area contributed by atoms with Crippen molar-refractivity contribution < 1.29 is 43.0 Å². The van der Waals surface area contributed by atoms with Gasteiger partial charge in [0.25, 0.3) is 0 Å². The summed E-state index contributed by atoms with van der Waals surface area (Å²) >= 11 is 0. The van der Waals surface area contributed by atoms with Gasteiger partial charge in [0, 0.05) is 151 Å². The van der Waals surface area contributed by atoms with Gasteiger partial charge in [-0.3, -0.25) is 33.9 Å². The molecule has 23 heteroatoms. The summed E-state index contributed by atoms with van der Waals surface area (Å²) in [6.07, 6.45) is 19.5. The molecule has 436 valence electrons. The van der Waals surface area contributed by atoms with E-state index in [1.165, 1.54) is 0 Å². The fourth-order valence-electron chi connectivity index (χ4n) is 10.9. The number of aldehydes is 1. The number of benzene rings is 2. The van der Waals surface area contributed by atoms with E-state index in [1.807, 2.05) is 47.8 Å². The Bertz CT molecular complexity index is 3880. The lowest BCUT2D eigenvalue weighted by Gasteiger charge is -2.34. The average molecular weight is 1150 g/mol. The summed E-state index contributed by atoms with van der Waals surface area (Å²) in [5.41, 5.74) is 8.12. The van der Waals surface area contributed by atoms with Gasteiger partial charge in [-0.25, -0.2) is 19.6 Å². The number of carbonyl (C=O) groups is 7. The Hall–Kier alpha value is -10.5. The highest BCUT2D eigenvalue weighted by Gasteiger charge is 2.32. The van der Waals surface area contributed by atoms with Crippen molar-refractivity contribution in [2.24, 2.45) is 25.9 Å². The Labute approximate surface area is 489 Å². The molecule has 2 saturated heterocycles. The predicted molar refractivity (Wildman–Crippen MR) is 323 cm³/mol. The molecule has 4 N–H and O–H groups in total. The number of piperidine rings is 2. The molecule has 0 saturated carbocycles. The van der Waals surface area contributed by atoms with Crippen molar-refractivity contribution in [3.63, 3.8) is 0 Å². The van der Waals surface area contributed by atoms with Gasteiger partial charge in [0.05, 0.1) is 46.0 Å². The molecule has 0 aliphatic carbocycles. The van der Waals surface area contributed by atoms with Crippen LogP contribution in [-0.4, -0.2) is 142 Å².